The van der Waals surface area contributed by atoms with Gasteiger partial charge in [0.2, 0.25) is 0 Å². The molecule has 0 radical (unpaired) electrons. The van der Waals surface area contributed by atoms with Gasteiger partial charge in [0.05, 0.1) is 18.7 Å². The van der Waals surface area contributed by atoms with Gasteiger partial charge in [0, 0.05) is 18.1 Å². The molecule has 1 N–H and O–H groups in total. The van der Waals surface area contributed by atoms with Crippen molar-refractivity contribution in [3.8, 4) is 0 Å². The fourth-order valence-electron chi connectivity index (χ4n) is 1.84. The molecule has 1 aromatic heterocycles. The lowest BCUT2D eigenvalue weighted by Gasteiger charge is -2.14. The van der Waals surface area contributed by atoms with Gasteiger partial charge >= 0.3 is 0 Å². The Morgan fingerprint density at radius 1 is 1.32 bits per heavy atom. The highest BCUT2D eigenvalue weighted by molar-refractivity contribution is 5.78. The van der Waals surface area contributed by atoms with E-state index < -0.39 is 6.10 Å². The predicted molar refractivity (Wildman–Crippen MR) is 76.1 cm³/mol. The zero-order valence-electron chi connectivity index (χ0n) is 11.4. The summed E-state index contributed by atoms with van der Waals surface area (Å²) in [5.41, 5.74) is 1.80. The molecule has 0 saturated carbocycles. The van der Waals surface area contributed by atoms with E-state index in [4.69, 9.17) is 4.74 Å². The lowest BCUT2D eigenvalue weighted by molar-refractivity contribution is 0.0307. The number of hydrogen-bond acceptors (Lipinski definition) is 4. The maximum atomic E-state index is 10.1. The Kier molecular flexibility index (Phi) is 4.85. The number of likely N-dealkylation sites (N-methyl/N-ethyl adjacent to an activating group) is 1. The highest BCUT2D eigenvalue weighted by atomic mass is 16.5. The molecule has 0 spiro atoms. The van der Waals surface area contributed by atoms with Crippen LogP contribution >= 0.6 is 0 Å². The molecule has 19 heavy (non-hydrogen) atoms. The molecule has 0 aliphatic carbocycles. The lowest BCUT2D eigenvalue weighted by atomic mass is 10.1. The van der Waals surface area contributed by atoms with Crippen LogP contribution in [0.4, 0.5) is 0 Å². The molecule has 0 bridgehead atoms. The summed E-state index contributed by atoms with van der Waals surface area (Å²) in [6.45, 7) is 1.80. The Morgan fingerprint density at radius 3 is 2.95 bits per heavy atom. The van der Waals surface area contributed by atoms with Gasteiger partial charge in [-0.3, -0.25) is 4.98 Å². The van der Waals surface area contributed by atoms with Crippen molar-refractivity contribution in [1.29, 1.82) is 0 Å². The third-order valence-electron chi connectivity index (χ3n) is 2.97. The van der Waals surface area contributed by atoms with Gasteiger partial charge in [0.1, 0.15) is 6.10 Å². The molecule has 0 aliphatic rings. The van der Waals surface area contributed by atoms with E-state index in [1.54, 1.807) is 6.20 Å². The summed E-state index contributed by atoms with van der Waals surface area (Å²) in [6, 6.07) is 9.67. The zero-order valence-corrected chi connectivity index (χ0v) is 11.4. The van der Waals surface area contributed by atoms with E-state index in [1.165, 1.54) is 0 Å². The Bertz CT molecular complexity index is 528. The van der Waals surface area contributed by atoms with Crippen molar-refractivity contribution in [2.45, 2.75) is 6.10 Å². The number of rotatable bonds is 6. The van der Waals surface area contributed by atoms with Gasteiger partial charge in [0.15, 0.2) is 0 Å². The van der Waals surface area contributed by atoms with Gasteiger partial charge < -0.3 is 14.7 Å². The summed E-state index contributed by atoms with van der Waals surface area (Å²) < 4.78 is 5.47. The van der Waals surface area contributed by atoms with Crippen LogP contribution in [0.2, 0.25) is 0 Å². The van der Waals surface area contributed by atoms with E-state index in [1.807, 2.05) is 49.3 Å². The molecule has 0 amide bonds. The minimum absolute atomic E-state index is 0.319. The van der Waals surface area contributed by atoms with Crippen molar-refractivity contribution in [2.24, 2.45) is 0 Å². The van der Waals surface area contributed by atoms with E-state index >= 15 is 0 Å². The highest BCUT2D eigenvalue weighted by Gasteiger charge is 2.08. The fourth-order valence-corrected chi connectivity index (χ4v) is 1.84. The van der Waals surface area contributed by atoms with Crippen LogP contribution < -0.4 is 0 Å². The van der Waals surface area contributed by atoms with Crippen LogP contribution in [-0.2, 0) is 4.74 Å². The lowest BCUT2D eigenvalue weighted by Crippen LogP contribution is -2.19. The molecule has 2 aromatic rings. The molecule has 4 nitrogen and oxygen atoms in total. The van der Waals surface area contributed by atoms with E-state index in [2.05, 4.69) is 4.98 Å². The standard InChI is InChI=1S/C15H20N2O2/c1-17(2)8-9-19-11-15(18)13-5-6-14-12(10-13)4-3-7-16-14/h3-7,10,15,18H,8-9,11H2,1-2H3. The maximum Gasteiger partial charge on any atom is 0.102 e. The monoisotopic (exact) mass is 260 g/mol. The van der Waals surface area contributed by atoms with Gasteiger partial charge in [-0.05, 0) is 37.9 Å². The third kappa shape index (κ3) is 3.99. The normalized spacial score (nSPS) is 13.1. The molecule has 1 unspecified atom stereocenters. The summed E-state index contributed by atoms with van der Waals surface area (Å²) in [5, 5.41) is 11.1. The molecular formula is C15H20N2O2. The number of pyridine rings is 1. The summed E-state index contributed by atoms with van der Waals surface area (Å²) in [7, 11) is 3.99. The molecule has 1 atom stereocenters. The van der Waals surface area contributed by atoms with Crippen molar-refractivity contribution >= 4 is 10.9 Å². The van der Waals surface area contributed by atoms with Crippen LogP contribution in [-0.4, -0.2) is 48.8 Å². The van der Waals surface area contributed by atoms with Crippen LogP contribution in [0.25, 0.3) is 10.9 Å². The number of hydrogen-bond donors (Lipinski definition) is 1. The van der Waals surface area contributed by atoms with Crippen molar-refractivity contribution in [2.75, 3.05) is 33.9 Å². The first kappa shape index (κ1) is 13.9. The van der Waals surface area contributed by atoms with Crippen molar-refractivity contribution in [1.82, 2.24) is 9.88 Å². The van der Waals surface area contributed by atoms with Crippen molar-refractivity contribution in [3.05, 3.63) is 42.1 Å². The number of benzene rings is 1. The molecule has 1 aromatic carbocycles. The van der Waals surface area contributed by atoms with Crippen LogP contribution in [0.5, 0.6) is 0 Å². The zero-order chi connectivity index (χ0) is 13.7. The number of fused-ring (bicyclic) bond motifs is 1. The summed E-state index contributed by atoms with van der Waals surface area (Å²) in [6.07, 6.45) is 1.18. The Hall–Kier alpha value is -1.49. The summed E-state index contributed by atoms with van der Waals surface area (Å²) in [4.78, 5) is 6.31. The van der Waals surface area contributed by atoms with Crippen LogP contribution in [0, 0.1) is 0 Å². The van der Waals surface area contributed by atoms with Gasteiger partial charge in [-0.1, -0.05) is 12.1 Å². The topological polar surface area (TPSA) is 45.6 Å². The van der Waals surface area contributed by atoms with Crippen LogP contribution in [0.1, 0.15) is 11.7 Å². The minimum Gasteiger partial charge on any atom is -0.386 e. The highest BCUT2D eigenvalue weighted by Crippen LogP contribution is 2.19. The molecule has 2 rings (SSSR count). The second-order valence-corrected chi connectivity index (χ2v) is 4.85. The number of ether oxygens (including phenoxy) is 1. The predicted octanol–water partition coefficient (Wildman–Crippen LogP) is 1.85. The maximum absolute atomic E-state index is 10.1. The molecule has 0 saturated heterocycles. The minimum atomic E-state index is -0.591. The Morgan fingerprint density at radius 2 is 2.16 bits per heavy atom. The summed E-state index contributed by atoms with van der Waals surface area (Å²) >= 11 is 0. The van der Waals surface area contributed by atoms with E-state index in [9.17, 15) is 5.11 Å². The average molecular weight is 260 g/mol. The molecular weight excluding hydrogens is 240 g/mol. The molecule has 1 heterocycles. The number of nitrogens with zero attached hydrogens (tertiary/aromatic N) is 2. The van der Waals surface area contributed by atoms with Crippen LogP contribution in [0.3, 0.4) is 0 Å². The van der Waals surface area contributed by atoms with Gasteiger partial charge in [0.25, 0.3) is 0 Å². The van der Waals surface area contributed by atoms with Crippen molar-refractivity contribution < 1.29 is 9.84 Å². The quantitative estimate of drug-likeness (QED) is 0.805. The first-order valence-corrected chi connectivity index (χ1v) is 6.42. The van der Waals surface area contributed by atoms with Gasteiger partial charge in [-0.15, -0.1) is 0 Å². The second kappa shape index (κ2) is 6.61. The first-order chi connectivity index (χ1) is 9.16. The second-order valence-electron chi connectivity index (χ2n) is 4.85. The van der Waals surface area contributed by atoms with Gasteiger partial charge in [-0.2, -0.15) is 0 Å². The molecule has 4 heteroatoms. The van der Waals surface area contributed by atoms with Crippen LogP contribution in [0.15, 0.2) is 36.5 Å². The first-order valence-electron chi connectivity index (χ1n) is 6.42. The molecule has 0 aliphatic heterocycles. The Balaban J connectivity index is 1.95. The largest absolute Gasteiger partial charge is 0.386 e. The third-order valence-corrected chi connectivity index (χ3v) is 2.97. The molecule has 102 valence electrons. The number of aromatic nitrogens is 1. The number of aliphatic hydroxyl groups is 1. The number of aliphatic hydroxyl groups excluding tert-OH is 1. The summed E-state index contributed by atoms with van der Waals surface area (Å²) in [5.74, 6) is 0. The van der Waals surface area contributed by atoms with E-state index in [0.29, 0.717) is 13.2 Å². The smallest absolute Gasteiger partial charge is 0.102 e. The average Bonchev–Trinajstić information content (AvgIpc) is 2.42. The van der Waals surface area contributed by atoms with Gasteiger partial charge in [-0.25, -0.2) is 0 Å². The Labute approximate surface area is 113 Å². The SMILES string of the molecule is CN(C)CCOCC(O)c1ccc2ncccc2c1. The fraction of sp³-hybridized carbons (Fsp3) is 0.400. The van der Waals surface area contributed by atoms with E-state index in [0.717, 1.165) is 23.0 Å². The molecule has 0 fully saturated rings. The van der Waals surface area contributed by atoms with Crippen molar-refractivity contribution in [3.63, 3.8) is 0 Å². The van der Waals surface area contributed by atoms with E-state index in [-0.39, 0.29) is 0 Å².